The largest absolute Gasteiger partial charge is 0.389 e. The number of rotatable bonds is 2. The monoisotopic (exact) mass is 220 g/mol. The quantitative estimate of drug-likeness (QED) is 0.806. The van der Waals surface area contributed by atoms with Crippen molar-refractivity contribution in [3.8, 4) is 0 Å². The molecule has 0 spiro atoms. The Morgan fingerprint density at radius 1 is 1.00 bits per heavy atom. The highest BCUT2D eigenvalue weighted by Crippen LogP contribution is 2.34. The van der Waals surface area contributed by atoms with Gasteiger partial charge in [-0.25, -0.2) is 0 Å². The summed E-state index contributed by atoms with van der Waals surface area (Å²) in [5, 5.41) is 10.6. The van der Waals surface area contributed by atoms with E-state index in [1.54, 1.807) is 0 Å². The Morgan fingerprint density at radius 3 is 1.81 bits per heavy atom. The third-order valence-corrected chi connectivity index (χ3v) is 3.78. The number of benzene rings is 1. The molecular weight excluding hydrogens is 196 g/mol. The van der Waals surface area contributed by atoms with Gasteiger partial charge in [-0.15, -0.1) is 0 Å². The molecule has 1 rings (SSSR count). The van der Waals surface area contributed by atoms with Crippen molar-refractivity contribution in [1.82, 2.24) is 0 Å². The second-order valence-corrected chi connectivity index (χ2v) is 6.07. The van der Waals surface area contributed by atoms with Crippen LogP contribution in [0.5, 0.6) is 0 Å². The Morgan fingerprint density at radius 2 is 1.44 bits per heavy atom. The van der Waals surface area contributed by atoms with Gasteiger partial charge in [0.2, 0.25) is 0 Å². The fourth-order valence-corrected chi connectivity index (χ4v) is 1.74. The summed E-state index contributed by atoms with van der Waals surface area (Å²) in [4.78, 5) is 0. The first-order chi connectivity index (χ1) is 7.15. The summed E-state index contributed by atoms with van der Waals surface area (Å²) in [6, 6.07) is 6.29. The Hall–Kier alpha value is -0.820. The van der Waals surface area contributed by atoms with E-state index in [0.717, 1.165) is 6.42 Å². The molecule has 0 aromatic heterocycles. The zero-order valence-electron chi connectivity index (χ0n) is 11.4. The summed E-state index contributed by atoms with van der Waals surface area (Å²) in [7, 11) is 0. The molecule has 0 amide bonds. The molecule has 16 heavy (non-hydrogen) atoms. The molecule has 1 aromatic carbocycles. The van der Waals surface area contributed by atoms with Crippen molar-refractivity contribution in [2.45, 2.75) is 53.6 Å². The van der Waals surface area contributed by atoms with Gasteiger partial charge in [0.25, 0.3) is 0 Å². The molecule has 0 saturated heterocycles. The predicted octanol–water partition coefficient (Wildman–Crippen LogP) is 3.64. The van der Waals surface area contributed by atoms with E-state index >= 15 is 0 Å². The predicted molar refractivity (Wildman–Crippen MR) is 69.7 cm³/mol. The highest BCUT2D eigenvalue weighted by atomic mass is 16.3. The lowest BCUT2D eigenvalue weighted by molar-refractivity contribution is -0.0407. The second kappa shape index (κ2) is 4.21. The number of aryl methyl sites for hydroxylation is 2. The summed E-state index contributed by atoms with van der Waals surface area (Å²) in [5.41, 5.74) is 3.03. The molecular formula is C15H24O. The lowest BCUT2D eigenvalue weighted by atomic mass is 9.73. The van der Waals surface area contributed by atoms with Gasteiger partial charge in [-0.1, -0.05) is 39.0 Å². The van der Waals surface area contributed by atoms with Crippen molar-refractivity contribution in [2.24, 2.45) is 5.41 Å². The Bertz CT molecular complexity index is 349. The van der Waals surface area contributed by atoms with Gasteiger partial charge in [0.05, 0.1) is 5.60 Å². The van der Waals surface area contributed by atoms with E-state index in [-0.39, 0.29) is 5.41 Å². The minimum absolute atomic E-state index is 0.109. The lowest BCUT2D eigenvalue weighted by Crippen LogP contribution is -2.42. The zero-order valence-corrected chi connectivity index (χ0v) is 11.4. The van der Waals surface area contributed by atoms with Gasteiger partial charge in [0.15, 0.2) is 0 Å². The van der Waals surface area contributed by atoms with Crippen LogP contribution in [0.25, 0.3) is 0 Å². The van der Waals surface area contributed by atoms with Crippen LogP contribution in [0.3, 0.4) is 0 Å². The van der Waals surface area contributed by atoms with Crippen LogP contribution >= 0.6 is 0 Å². The maximum Gasteiger partial charge on any atom is 0.0708 e. The third kappa shape index (κ3) is 2.65. The second-order valence-electron chi connectivity index (χ2n) is 6.07. The number of aliphatic hydroxyl groups is 1. The molecule has 1 aromatic rings. The van der Waals surface area contributed by atoms with Gasteiger partial charge >= 0.3 is 0 Å². The first-order valence-corrected chi connectivity index (χ1v) is 5.92. The van der Waals surface area contributed by atoms with E-state index in [1.807, 2.05) is 6.92 Å². The molecule has 0 aliphatic heterocycles. The maximum atomic E-state index is 10.6. The average molecular weight is 220 g/mol. The fraction of sp³-hybridized carbons (Fsp3) is 0.600. The first-order valence-electron chi connectivity index (χ1n) is 5.92. The number of hydrogen-bond acceptors (Lipinski definition) is 1. The van der Waals surface area contributed by atoms with Crippen molar-refractivity contribution in [2.75, 3.05) is 0 Å². The molecule has 0 aliphatic carbocycles. The van der Waals surface area contributed by atoms with Gasteiger partial charge in [-0.3, -0.25) is 0 Å². The molecule has 0 fully saturated rings. The molecule has 1 atom stereocenters. The summed E-state index contributed by atoms with van der Waals surface area (Å²) in [5.74, 6) is 0. The van der Waals surface area contributed by atoms with E-state index in [0.29, 0.717) is 0 Å². The van der Waals surface area contributed by atoms with Crippen LogP contribution in [-0.4, -0.2) is 10.7 Å². The highest BCUT2D eigenvalue weighted by molar-refractivity contribution is 5.34. The zero-order chi connectivity index (χ0) is 12.6. The molecule has 0 heterocycles. The molecule has 0 radical (unpaired) electrons. The van der Waals surface area contributed by atoms with Gasteiger partial charge < -0.3 is 5.11 Å². The summed E-state index contributed by atoms with van der Waals surface area (Å²) in [6.45, 7) is 12.4. The van der Waals surface area contributed by atoms with Crippen LogP contribution in [0.2, 0.25) is 0 Å². The van der Waals surface area contributed by atoms with E-state index in [4.69, 9.17) is 0 Å². The van der Waals surface area contributed by atoms with E-state index in [1.165, 1.54) is 16.7 Å². The molecule has 1 nitrogen and oxygen atoms in total. The van der Waals surface area contributed by atoms with Crippen molar-refractivity contribution >= 4 is 0 Å². The van der Waals surface area contributed by atoms with Crippen LogP contribution in [0.4, 0.5) is 0 Å². The summed E-state index contributed by atoms with van der Waals surface area (Å²) in [6.07, 6.45) is 0.717. The molecule has 1 N–H and O–H groups in total. The molecule has 0 aliphatic rings. The standard InChI is InChI=1S/C15H24O/c1-11-8-7-9-12(2)13(11)10-15(6,16)14(3,4)5/h7-9,16H,10H2,1-6H3. The van der Waals surface area contributed by atoms with Crippen molar-refractivity contribution < 1.29 is 5.11 Å². The van der Waals surface area contributed by atoms with Crippen LogP contribution in [0, 0.1) is 19.3 Å². The molecule has 0 saturated carbocycles. The Kier molecular flexibility index (Phi) is 3.49. The summed E-state index contributed by atoms with van der Waals surface area (Å²) < 4.78 is 0. The molecule has 0 bridgehead atoms. The minimum Gasteiger partial charge on any atom is -0.389 e. The van der Waals surface area contributed by atoms with Crippen LogP contribution in [0.1, 0.15) is 44.4 Å². The van der Waals surface area contributed by atoms with Crippen molar-refractivity contribution in [3.05, 3.63) is 34.9 Å². The van der Waals surface area contributed by atoms with Crippen molar-refractivity contribution in [1.29, 1.82) is 0 Å². The maximum absolute atomic E-state index is 10.6. The SMILES string of the molecule is Cc1cccc(C)c1CC(C)(O)C(C)(C)C. The normalized spacial score (nSPS) is 15.9. The lowest BCUT2D eigenvalue weighted by Gasteiger charge is -2.38. The van der Waals surface area contributed by atoms with Crippen LogP contribution < -0.4 is 0 Å². The first kappa shape index (κ1) is 13.2. The van der Waals surface area contributed by atoms with Gasteiger partial charge in [-0.2, -0.15) is 0 Å². The Labute approximate surface area is 99.5 Å². The average Bonchev–Trinajstić information content (AvgIpc) is 2.10. The topological polar surface area (TPSA) is 20.2 Å². The van der Waals surface area contributed by atoms with Gasteiger partial charge in [-0.05, 0) is 42.9 Å². The Balaban J connectivity index is 3.06. The smallest absolute Gasteiger partial charge is 0.0708 e. The number of hydrogen-bond donors (Lipinski definition) is 1. The third-order valence-electron chi connectivity index (χ3n) is 3.78. The van der Waals surface area contributed by atoms with Crippen molar-refractivity contribution in [3.63, 3.8) is 0 Å². The summed E-state index contributed by atoms with van der Waals surface area (Å²) >= 11 is 0. The fourth-order valence-electron chi connectivity index (χ4n) is 1.74. The van der Waals surface area contributed by atoms with Crippen LogP contribution in [-0.2, 0) is 6.42 Å². The van der Waals surface area contributed by atoms with Crippen LogP contribution in [0.15, 0.2) is 18.2 Å². The van der Waals surface area contributed by atoms with Gasteiger partial charge in [0, 0.05) is 6.42 Å². The minimum atomic E-state index is -0.677. The van der Waals surface area contributed by atoms with E-state index in [2.05, 4.69) is 52.8 Å². The highest BCUT2D eigenvalue weighted by Gasteiger charge is 2.35. The van der Waals surface area contributed by atoms with E-state index in [9.17, 15) is 5.11 Å². The van der Waals surface area contributed by atoms with E-state index < -0.39 is 5.60 Å². The van der Waals surface area contributed by atoms with Gasteiger partial charge in [0.1, 0.15) is 0 Å². The molecule has 1 heteroatoms. The molecule has 90 valence electrons. The molecule has 1 unspecified atom stereocenters.